The molecule has 72 valence electrons. The van der Waals surface area contributed by atoms with Crippen molar-refractivity contribution < 1.29 is 0 Å². The Morgan fingerprint density at radius 1 is 1.23 bits per heavy atom. The van der Waals surface area contributed by atoms with E-state index in [0.29, 0.717) is 6.04 Å². The summed E-state index contributed by atoms with van der Waals surface area (Å²) in [6.45, 7) is 2.35. The van der Waals surface area contributed by atoms with Crippen molar-refractivity contribution in [1.82, 2.24) is 4.68 Å². The molecular formula is C11H18N2. The van der Waals surface area contributed by atoms with Gasteiger partial charge >= 0.3 is 0 Å². The number of aromatic nitrogens is 1. The van der Waals surface area contributed by atoms with Crippen LogP contribution in [0.1, 0.15) is 32.6 Å². The van der Waals surface area contributed by atoms with Gasteiger partial charge in [-0.2, -0.15) is 0 Å². The molecule has 0 aliphatic heterocycles. The zero-order valence-corrected chi connectivity index (χ0v) is 8.24. The van der Waals surface area contributed by atoms with Gasteiger partial charge in [0.15, 0.2) is 0 Å². The van der Waals surface area contributed by atoms with Gasteiger partial charge in [-0.3, -0.25) is 4.68 Å². The van der Waals surface area contributed by atoms with Gasteiger partial charge in [-0.05, 0) is 30.9 Å². The quantitative estimate of drug-likeness (QED) is 0.736. The molecule has 1 saturated carbocycles. The summed E-state index contributed by atoms with van der Waals surface area (Å²) < 4.78 is 2.07. The van der Waals surface area contributed by atoms with Gasteiger partial charge in [-0.1, -0.05) is 19.8 Å². The van der Waals surface area contributed by atoms with Crippen molar-refractivity contribution in [1.29, 1.82) is 0 Å². The molecular weight excluding hydrogens is 160 g/mol. The lowest BCUT2D eigenvalue weighted by atomic mass is 9.87. The highest BCUT2D eigenvalue weighted by atomic mass is 15.4. The van der Waals surface area contributed by atoms with Crippen LogP contribution >= 0.6 is 0 Å². The molecule has 0 radical (unpaired) electrons. The Kier molecular flexibility index (Phi) is 2.57. The van der Waals surface area contributed by atoms with E-state index in [1.807, 2.05) is 0 Å². The molecule has 1 aromatic rings. The fraction of sp³-hybridized carbons (Fsp3) is 0.636. The van der Waals surface area contributed by atoms with Crippen molar-refractivity contribution in [2.24, 2.45) is 5.92 Å². The molecule has 0 saturated heterocycles. The Balaban J connectivity index is 1.87. The smallest absolute Gasteiger partial charge is 0.0426 e. The Bertz CT molecular complexity index is 241. The molecule has 2 heteroatoms. The highest BCUT2D eigenvalue weighted by Gasteiger charge is 2.18. The average Bonchev–Trinajstić information content (AvgIpc) is 2.57. The van der Waals surface area contributed by atoms with Crippen LogP contribution in [-0.4, -0.2) is 10.7 Å². The normalized spacial score (nSPS) is 28.7. The van der Waals surface area contributed by atoms with E-state index in [0.717, 1.165) is 5.92 Å². The highest BCUT2D eigenvalue weighted by Crippen LogP contribution is 2.23. The summed E-state index contributed by atoms with van der Waals surface area (Å²) in [5.74, 6) is 0.891. The van der Waals surface area contributed by atoms with Gasteiger partial charge in [-0.25, -0.2) is 0 Å². The molecule has 2 nitrogen and oxygen atoms in total. The van der Waals surface area contributed by atoms with E-state index < -0.39 is 0 Å². The van der Waals surface area contributed by atoms with Gasteiger partial charge in [0.25, 0.3) is 0 Å². The van der Waals surface area contributed by atoms with Crippen LogP contribution in [0.5, 0.6) is 0 Å². The molecule has 1 N–H and O–H groups in total. The second kappa shape index (κ2) is 3.86. The molecule has 0 spiro atoms. The standard InChI is InChI=1S/C11H18N2/c1-10-5-4-6-11(9-10)12-13-7-2-3-8-13/h2-3,7-8,10-12H,4-6,9H2,1H3. The van der Waals surface area contributed by atoms with Crippen molar-refractivity contribution in [2.45, 2.75) is 38.6 Å². The fourth-order valence-corrected chi connectivity index (χ4v) is 2.18. The van der Waals surface area contributed by atoms with Crippen LogP contribution in [0, 0.1) is 5.92 Å². The minimum absolute atomic E-state index is 0.677. The summed E-state index contributed by atoms with van der Waals surface area (Å²) in [6.07, 6.45) is 9.56. The maximum atomic E-state index is 3.51. The first-order valence-corrected chi connectivity index (χ1v) is 5.24. The second-order valence-corrected chi connectivity index (χ2v) is 4.19. The number of hydrogen-bond acceptors (Lipinski definition) is 1. The van der Waals surface area contributed by atoms with E-state index in [2.05, 4.69) is 41.6 Å². The van der Waals surface area contributed by atoms with E-state index in [4.69, 9.17) is 0 Å². The van der Waals surface area contributed by atoms with Crippen LogP contribution in [0.4, 0.5) is 0 Å². The average molecular weight is 178 g/mol. The molecule has 1 aliphatic carbocycles. The Morgan fingerprint density at radius 3 is 2.69 bits per heavy atom. The van der Waals surface area contributed by atoms with Gasteiger partial charge in [0.05, 0.1) is 0 Å². The first kappa shape index (κ1) is 8.67. The highest BCUT2D eigenvalue weighted by molar-refractivity contribution is 4.96. The molecule has 0 bridgehead atoms. The molecule has 1 aromatic heterocycles. The lowest BCUT2D eigenvalue weighted by molar-refractivity contribution is 0.345. The van der Waals surface area contributed by atoms with Crippen LogP contribution in [0.2, 0.25) is 0 Å². The summed E-state index contributed by atoms with van der Waals surface area (Å²) in [5, 5.41) is 0. The Hall–Kier alpha value is -0.920. The molecule has 1 aliphatic rings. The van der Waals surface area contributed by atoms with Gasteiger partial charge in [0.1, 0.15) is 0 Å². The zero-order chi connectivity index (χ0) is 9.10. The maximum Gasteiger partial charge on any atom is 0.0426 e. The third kappa shape index (κ3) is 2.27. The number of nitrogens with zero attached hydrogens (tertiary/aromatic N) is 1. The summed E-state index contributed by atoms with van der Waals surface area (Å²) in [4.78, 5) is 0. The van der Waals surface area contributed by atoms with E-state index >= 15 is 0 Å². The van der Waals surface area contributed by atoms with Crippen molar-refractivity contribution in [3.8, 4) is 0 Å². The summed E-state index contributed by atoms with van der Waals surface area (Å²) >= 11 is 0. The number of rotatable bonds is 2. The van der Waals surface area contributed by atoms with Gasteiger partial charge in [-0.15, -0.1) is 0 Å². The Morgan fingerprint density at radius 2 is 2.00 bits per heavy atom. The lowest BCUT2D eigenvalue weighted by Crippen LogP contribution is -2.31. The van der Waals surface area contributed by atoms with Gasteiger partial charge < -0.3 is 5.43 Å². The number of nitrogens with one attached hydrogen (secondary N) is 1. The van der Waals surface area contributed by atoms with Gasteiger partial charge in [0, 0.05) is 18.4 Å². The van der Waals surface area contributed by atoms with Gasteiger partial charge in [0.2, 0.25) is 0 Å². The van der Waals surface area contributed by atoms with E-state index in [1.54, 1.807) is 0 Å². The minimum atomic E-state index is 0.677. The first-order chi connectivity index (χ1) is 6.34. The molecule has 2 unspecified atom stereocenters. The van der Waals surface area contributed by atoms with Crippen LogP contribution in [-0.2, 0) is 0 Å². The summed E-state index contributed by atoms with van der Waals surface area (Å²) in [5.41, 5.74) is 3.51. The van der Waals surface area contributed by atoms with Crippen molar-refractivity contribution in [3.63, 3.8) is 0 Å². The van der Waals surface area contributed by atoms with Crippen LogP contribution in [0.25, 0.3) is 0 Å². The molecule has 2 atom stereocenters. The fourth-order valence-electron chi connectivity index (χ4n) is 2.18. The van der Waals surface area contributed by atoms with Crippen molar-refractivity contribution in [2.75, 3.05) is 5.43 Å². The molecule has 2 rings (SSSR count). The topological polar surface area (TPSA) is 17.0 Å². The van der Waals surface area contributed by atoms with E-state index in [9.17, 15) is 0 Å². The third-order valence-corrected chi connectivity index (χ3v) is 2.87. The third-order valence-electron chi connectivity index (χ3n) is 2.87. The molecule has 0 amide bonds. The van der Waals surface area contributed by atoms with E-state index in [1.165, 1.54) is 25.7 Å². The monoisotopic (exact) mass is 178 g/mol. The maximum absolute atomic E-state index is 3.51. The molecule has 0 aromatic carbocycles. The molecule has 1 heterocycles. The molecule has 13 heavy (non-hydrogen) atoms. The van der Waals surface area contributed by atoms with Crippen LogP contribution in [0.3, 0.4) is 0 Å². The van der Waals surface area contributed by atoms with E-state index in [-0.39, 0.29) is 0 Å². The second-order valence-electron chi connectivity index (χ2n) is 4.19. The van der Waals surface area contributed by atoms with Crippen LogP contribution < -0.4 is 5.43 Å². The first-order valence-electron chi connectivity index (χ1n) is 5.24. The summed E-state index contributed by atoms with van der Waals surface area (Å²) in [6, 6.07) is 4.79. The van der Waals surface area contributed by atoms with Crippen molar-refractivity contribution in [3.05, 3.63) is 24.5 Å². The zero-order valence-electron chi connectivity index (χ0n) is 8.24. The lowest BCUT2D eigenvalue weighted by Gasteiger charge is -2.28. The predicted octanol–water partition coefficient (Wildman–Crippen LogP) is 2.61. The predicted molar refractivity (Wildman–Crippen MR) is 55.2 cm³/mol. The summed E-state index contributed by atoms with van der Waals surface area (Å²) in [7, 11) is 0. The largest absolute Gasteiger partial charge is 0.323 e. The number of hydrogen-bond donors (Lipinski definition) is 1. The SMILES string of the molecule is CC1CCCC(Nn2cccc2)C1. The van der Waals surface area contributed by atoms with Crippen molar-refractivity contribution >= 4 is 0 Å². The van der Waals surface area contributed by atoms with Crippen LogP contribution in [0.15, 0.2) is 24.5 Å². The molecule has 1 fully saturated rings. The minimum Gasteiger partial charge on any atom is -0.323 e. The Labute approximate surface area is 79.9 Å².